The molecule has 0 fully saturated rings. The molecule has 0 aliphatic heterocycles. The van der Waals surface area contributed by atoms with Crippen LogP contribution in [0.25, 0.3) is 12.2 Å². The van der Waals surface area contributed by atoms with E-state index in [4.69, 9.17) is 0 Å². The van der Waals surface area contributed by atoms with Crippen molar-refractivity contribution in [2.75, 3.05) is 0 Å². The minimum atomic E-state index is -1.83. The van der Waals surface area contributed by atoms with Gasteiger partial charge < -0.3 is 24.8 Å². The Morgan fingerprint density at radius 3 is 1.85 bits per heavy atom. The molecule has 2 atom stereocenters. The Morgan fingerprint density at radius 1 is 0.846 bits per heavy atom. The van der Waals surface area contributed by atoms with Crippen LogP contribution in [0.4, 0.5) is 0 Å². The van der Waals surface area contributed by atoms with Gasteiger partial charge in [-0.05, 0) is 0 Å². The Balaban J connectivity index is 0.00000121. The first-order valence-electron chi connectivity index (χ1n) is 8.89. The van der Waals surface area contributed by atoms with Gasteiger partial charge >= 0.3 is 155 Å². The first-order valence-corrected chi connectivity index (χ1v) is 22.4. The van der Waals surface area contributed by atoms with E-state index in [2.05, 4.69) is 91.9 Å². The average Bonchev–Trinajstić information content (AvgIpc) is 3.24. The third-order valence-corrected chi connectivity index (χ3v) is 32.3. The molecule has 0 saturated carbocycles. The third-order valence-electron chi connectivity index (χ3n) is 5.23. The van der Waals surface area contributed by atoms with Crippen LogP contribution in [0.5, 0.6) is 0 Å². The molecule has 0 nitrogen and oxygen atoms in total. The van der Waals surface area contributed by atoms with Gasteiger partial charge in [0.05, 0.1) is 0 Å². The standard InChI is InChI=1S/2C9H7.C4H9Si.2ClH.Hf/c2*1-2-5-9-7-3-6-8(9)4-1;1-2-3-4-5;;;/h2*1-7H;2-3H,4-5H2,1H3;2*1H;/q;;;;;+2/p-2. The van der Waals surface area contributed by atoms with Crippen LogP contribution in [-0.2, 0) is 20.6 Å². The molecule has 4 rings (SSSR count). The Morgan fingerprint density at radius 2 is 1.35 bits per heavy atom. The summed E-state index contributed by atoms with van der Waals surface area (Å²) < 4.78 is 1.59. The van der Waals surface area contributed by atoms with Gasteiger partial charge in [-0.15, -0.1) is 0 Å². The molecular weight excluding hydrogens is 542 g/mol. The third kappa shape index (κ3) is 4.25. The molecule has 2 aromatic carbocycles. The van der Waals surface area contributed by atoms with E-state index in [1.165, 1.54) is 17.2 Å². The zero-order chi connectivity index (χ0) is 16.4. The van der Waals surface area contributed by atoms with Crippen LogP contribution in [0.1, 0.15) is 36.5 Å². The van der Waals surface area contributed by atoms with Gasteiger partial charge in [0.25, 0.3) is 0 Å². The topological polar surface area (TPSA) is 0 Å². The van der Waals surface area contributed by atoms with Crippen LogP contribution in [0.3, 0.4) is 0 Å². The molecule has 0 bridgehead atoms. The van der Waals surface area contributed by atoms with Gasteiger partial charge in [0.2, 0.25) is 0 Å². The maximum absolute atomic E-state index is 2.56. The van der Waals surface area contributed by atoms with Crippen LogP contribution >= 0.6 is 0 Å². The van der Waals surface area contributed by atoms with E-state index in [1.54, 1.807) is 11.1 Å². The Labute approximate surface area is 178 Å². The summed E-state index contributed by atoms with van der Waals surface area (Å²) in [5, 5.41) is 0. The summed E-state index contributed by atoms with van der Waals surface area (Å²) in [7, 11) is 0. The first-order chi connectivity index (χ1) is 11.9. The van der Waals surface area contributed by atoms with E-state index in [0.717, 1.165) is 7.35 Å². The fourth-order valence-electron chi connectivity index (χ4n) is 4.07. The molecule has 0 heterocycles. The molecule has 4 heteroatoms. The van der Waals surface area contributed by atoms with Crippen molar-refractivity contribution in [1.82, 2.24) is 0 Å². The molecule has 2 unspecified atom stereocenters. The van der Waals surface area contributed by atoms with Crippen molar-refractivity contribution in [2.45, 2.75) is 20.3 Å². The monoisotopic (exact) mass is 565 g/mol. The van der Waals surface area contributed by atoms with Crippen molar-refractivity contribution >= 4 is 18.9 Å². The summed E-state index contributed by atoms with van der Waals surface area (Å²) in [4.78, 5) is 0. The number of hydrogen-bond donors (Lipinski definition) is 0. The van der Waals surface area contributed by atoms with Gasteiger partial charge in [-0.2, -0.15) is 0 Å². The summed E-state index contributed by atoms with van der Waals surface area (Å²) in [5.41, 5.74) is 6.21. The second kappa shape index (κ2) is 10.0. The molecule has 0 spiro atoms. The quantitative estimate of drug-likeness (QED) is 0.331. The number of allylic oxidation sites excluding steroid dienone is 4. The number of rotatable bonds is 5. The minimum absolute atomic E-state index is 0. The van der Waals surface area contributed by atoms with Crippen molar-refractivity contribution in [1.29, 1.82) is 0 Å². The normalized spacial score (nSPS) is 19.4. The molecule has 2 aliphatic carbocycles. The second-order valence-corrected chi connectivity index (χ2v) is 28.4. The molecule has 0 saturated heterocycles. The van der Waals surface area contributed by atoms with Gasteiger partial charge in [0.1, 0.15) is 0 Å². The van der Waals surface area contributed by atoms with E-state index in [9.17, 15) is 0 Å². The van der Waals surface area contributed by atoms with Gasteiger partial charge in [-0.3, -0.25) is 0 Å². The number of fused-ring (bicyclic) bond motifs is 2. The van der Waals surface area contributed by atoms with Crippen molar-refractivity contribution in [3.05, 3.63) is 95.1 Å². The van der Waals surface area contributed by atoms with Gasteiger partial charge in [0.15, 0.2) is 0 Å². The van der Waals surface area contributed by atoms with Crippen LogP contribution in [0.2, 0.25) is 6.04 Å². The number of benzene rings is 2. The molecule has 133 valence electrons. The summed E-state index contributed by atoms with van der Waals surface area (Å²) in [6.07, 6.45) is 14.6. The average molecular weight is 565 g/mol. The van der Waals surface area contributed by atoms with Crippen molar-refractivity contribution in [3.8, 4) is 0 Å². The molecule has 0 amide bonds. The van der Waals surface area contributed by atoms with Gasteiger partial charge in [-0.1, -0.05) is 0 Å². The predicted octanol–water partition coefficient (Wildman–Crippen LogP) is -0.773. The molecular formula is C22H23Cl2HfSi. The van der Waals surface area contributed by atoms with Crippen molar-refractivity contribution in [2.24, 2.45) is 0 Å². The van der Waals surface area contributed by atoms with Gasteiger partial charge in [0, 0.05) is 0 Å². The van der Waals surface area contributed by atoms with E-state index >= 15 is 0 Å². The molecule has 2 aliphatic rings. The van der Waals surface area contributed by atoms with E-state index in [0.29, 0.717) is 0 Å². The zero-order valence-electron chi connectivity index (χ0n) is 14.9. The molecule has 2 aromatic rings. The molecule has 0 N–H and O–H groups in total. The van der Waals surface area contributed by atoms with Crippen LogP contribution in [0, 0.1) is 0 Å². The minimum Gasteiger partial charge on any atom is -1.00 e. The second-order valence-electron chi connectivity index (χ2n) is 6.61. The van der Waals surface area contributed by atoms with Crippen molar-refractivity contribution in [3.63, 3.8) is 0 Å². The fourth-order valence-corrected chi connectivity index (χ4v) is 32.1. The van der Waals surface area contributed by atoms with Gasteiger partial charge in [-0.25, -0.2) is 0 Å². The Hall–Kier alpha value is -0.673. The SMILES string of the molecule is CC=CC[SiH2][Hf+2]([CH]1C=Cc2ccccc21)[CH]1C=Cc2ccccc21.[Cl-].[Cl-]. The van der Waals surface area contributed by atoms with Crippen LogP contribution in [-0.4, -0.2) is 6.71 Å². The smallest absolute Gasteiger partial charge is 1.00 e. The number of halogens is 2. The summed E-state index contributed by atoms with van der Waals surface area (Å²) in [6, 6.07) is 19.6. The molecule has 26 heavy (non-hydrogen) atoms. The molecule has 0 radical (unpaired) electrons. The van der Waals surface area contributed by atoms with Crippen molar-refractivity contribution < 1.29 is 45.4 Å². The van der Waals surface area contributed by atoms with E-state index in [1.807, 2.05) is 0 Å². The zero-order valence-corrected chi connectivity index (χ0v) is 21.4. The summed E-state index contributed by atoms with van der Waals surface area (Å²) >= 11 is -1.83. The number of hydrogen-bond acceptors (Lipinski definition) is 0. The first kappa shape index (κ1) is 21.6. The fraction of sp³-hybridized carbons (Fsp3) is 0.182. The molecule has 0 aromatic heterocycles. The van der Waals surface area contributed by atoms with Crippen LogP contribution in [0.15, 0.2) is 72.8 Å². The summed E-state index contributed by atoms with van der Waals surface area (Å²) in [5.74, 6) is 0. The Kier molecular flexibility index (Phi) is 8.34. The largest absolute Gasteiger partial charge is 1.00 e. The summed E-state index contributed by atoms with van der Waals surface area (Å²) in [6.45, 7) is 2.16. The maximum Gasteiger partial charge on any atom is -1.00 e. The maximum atomic E-state index is 2.56. The van der Waals surface area contributed by atoms with E-state index < -0.39 is 20.6 Å². The predicted molar refractivity (Wildman–Crippen MR) is 105 cm³/mol. The van der Waals surface area contributed by atoms with E-state index in [-0.39, 0.29) is 31.5 Å². The Bertz CT molecular complexity index is 767. The van der Waals surface area contributed by atoms with Crippen LogP contribution < -0.4 is 24.8 Å².